The molecule has 1 aliphatic heterocycles. The molecule has 2 rings (SSSR count). The van der Waals surface area contributed by atoms with E-state index in [1.54, 1.807) is 0 Å². The highest BCUT2D eigenvalue weighted by Gasteiger charge is 2.23. The van der Waals surface area contributed by atoms with Crippen LogP contribution in [0, 0.1) is 12.8 Å². The smallest absolute Gasteiger partial charge is 0.228 e. The van der Waals surface area contributed by atoms with E-state index in [4.69, 9.17) is 10.5 Å². The van der Waals surface area contributed by atoms with E-state index in [0.29, 0.717) is 11.8 Å². The molecule has 1 aromatic heterocycles. The molecule has 0 spiro atoms. The molecule has 1 unspecified atom stereocenters. The molecule has 1 aliphatic rings. The Bertz CT molecular complexity index is 439. The Kier molecular flexibility index (Phi) is 4.81. The van der Waals surface area contributed by atoms with Gasteiger partial charge in [0.05, 0.1) is 6.10 Å². The average Bonchev–Trinajstić information content (AvgIpc) is 2.37. The first-order valence-corrected chi connectivity index (χ1v) is 7.48. The Hall–Kier alpha value is -1.36. The van der Waals surface area contributed by atoms with Crippen molar-refractivity contribution in [3.63, 3.8) is 0 Å². The fourth-order valence-corrected chi connectivity index (χ4v) is 2.59. The van der Waals surface area contributed by atoms with Crippen molar-refractivity contribution in [3.8, 4) is 5.88 Å². The van der Waals surface area contributed by atoms with E-state index >= 15 is 0 Å². The Balaban J connectivity index is 2.07. The van der Waals surface area contributed by atoms with Crippen LogP contribution in [0.25, 0.3) is 0 Å². The number of ether oxygens (including phenoxy) is 1. The molecule has 5 heteroatoms. The largest absolute Gasteiger partial charge is 0.475 e. The molecule has 0 radical (unpaired) electrons. The van der Waals surface area contributed by atoms with Crippen LogP contribution in [0.4, 0.5) is 5.95 Å². The number of piperidine rings is 1. The van der Waals surface area contributed by atoms with Crippen LogP contribution in [-0.2, 0) is 0 Å². The molecule has 1 fully saturated rings. The number of aromatic nitrogens is 2. The maximum absolute atomic E-state index is 5.98. The number of nitrogens with zero attached hydrogens (tertiary/aromatic N) is 3. The van der Waals surface area contributed by atoms with Gasteiger partial charge in [-0.05, 0) is 46.5 Å². The lowest BCUT2D eigenvalue weighted by Crippen LogP contribution is -2.40. The number of rotatable bonds is 4. The molecule has 2 N–H and O–H groups in total. The van der Waals surface area contributed by atoms with Gasteiger partial charge in [-0.25, -0.2) is 4.98 Å². The standard InChI is InChI=1S/C15H26N4O/c1-10(2)20-14-9-11(3)17-15(18-14)19-7-5-13(6-8-19)12(4)16/h9-10,12-13H,5-8,16H2,1-4H3. The predicted molar refractivity (Wildman–Crippen MR) is 81.1 cm³/mol. The summed E-state index contributed by atoms with van der Waals surface area (Å²) >= 11 is 0. The molecule has 1 aromatic rings. The summed E-state index contributed by atoms with van der Waals surface area (Å²) in [6, 6.07) is 2.16. The molecule has 0 aromatic carbocycles. The van der Waals surface area contributed by atoms with Crippen molar-refractivity contribution < 1.29 is 4.74 Å². The minimum atomic E-state index is 0.126. The molecule has 112 valence electrons. The Labute approximate surface area is 121 Å². The van der Waals surface area contributed by atoms with Crippen LogP contribution in [0.15, 0.2) is 6.07 Å². The number of hydrogen-bond donors (Lipinski definition) is 1. The second-order valence-corrected chi connectivity index (χ2v) is 6.00. The van der Waals surface area contributed by atoms with Gasteiger partial charge in [0, 0.05) is 30.9 Å². The highest BCUT2D eigenvalue weighted by Crippen LogP contribution is 2.24. The van der Waals surface area contributed by atoms with Crippen molar-refractivity contribution in [2.24, 2.45) is 11.7 Å². The Morgan fingerprint density at radius 3 is 2.45 bits per heavy atom. The van der Waals surface area contributed by atoms with Gasteiger partial charge < -0.3 is 15.4 Å². The maximum Gasteiger partial charge on any atom is 0.228 e. The Morgan fingerprint density at radius 1 is 1.25 bits per heavy atom. The summed E-state index contributed by atoms with van der Waals surface area (Å²) in [7, 11) is 0. The zero-order chi connectivity index (χ0) is 14.7. The van der Waals surface area contributed by atoms with Gasteiger partial charge in [-0.2, -0.15) is 4.98 Å². The molecule has 1 saturated heterocycles. The predicted octanol–water partition coefficient (Wildman–Crippen LogP) is 2.14. The summed E-state index contributed by atoms with van der Waals surface area (Å²) in [6.45, 7) is 10.0. The van der Waals surface area contributed by atoms with Gasteiger partial charge in [-0.1, -0.05) is 0 Å². The third-order valence-corrected chi connectivity index (χ3v) is 3.74. The Morgan fingerprint density at radius 2 is 1.90 bits per heavy atom. The van der Waals surface area contributed by atoms with Gasteiger partial charge in [-0.3, -0.25) is 0 Å². The number of nitrogens with two attached hydrogens (primary N) is 1. The van der Waals surface area contributed by atoms with Crippen molar-refractivity contribution in [2.45, 2.75) is 52.7 Å². The third-order valence-electron chi connectivity index (χ3n) is 3.74. The molecule has 0 saturated carbocycles. The van der Waals surface area contributed by atoms with Crippen molar-refractivity contribution in [1.29, 1.82) is 0 Å². The van der Waals surface area contributed by atoms with Gasteiger partial charge >= 0.3 is 0 Å². The molecule has 0 amide bonds. The minimum absolute atomic E-state index is 0.126. The molecular weight excluding hydrogens is 252 g/mol. The fourth-order valence-electron chi connectivity index (χ4n) is 2.59. The normalized spacial score (nSPS) is 18.4. The van der Waals surface area contributed by atoms with Crippen LogP contribution >= 0.6 is 0 Å². The summed E-state index contributed by atoms with van der Waals surface area (Å²) < 4.78 is 5.69. The highest BCUT2D eigenvalue weighted by molar-refractivity contribution is 5.35. The van der Waals surface area contributed by atoms with Gasteiger partial charge in [0.25, 0.3) is 0 Å². The topological polar surface area (TPSA) is 64.3 Å². The number of aryl methyl sites for hydroxylation is 1. The van der Waals surface area contributed by atoms with Crippen LogP contribution < -0.4 is 15.4 Å². The van der Waals surface area contributed by atoms with Crippen LogP contribution in [0.5, 0.6) is 5.88 Å². The van der Waals surface area contributed by atoms with Crippen LogP contribution in [0.1, 0.15) is 39.3 Å². The SMILES string of the molecule is Cc1cc(OC(C)C)nc(N2CCC(C(C)N)CC2)n1. The van der Waals surface area contributed by atoms with Crippen LogP contribution in [0.3, 0.4) is 0 Å². The molecule has 0 bridgehead atoms. The van der Waals surface area contributed by atoms with Crippen molar-refractivity contribution in [3.05, 3.63) is 11.8 Å². The summed E-state index contributed by atoms with van der Waals surface area (Å²) in [5.74, 6) is 2.06. The molecule has 0 aliphatic carbocycles. The van der Waals surface area contributed by atoms with E-state index in [2.05, 4.69) is 21.8 Å². The van der Waals surface area contributed by atoms with E-state index in [0.717, 1.165) is 37.6 Å². The van der Waals surface area contributed by atoms with Gasteiger partial charge in [0.15, 0.2) is 0 Å². The number of anilines is 1. The average molecular weight is 278 g/mol. The van der Waals surface area contributed by atoms with Crippen molar-refractivity contribution in [1.82, 2.24) is 9.97 Å². The maximum atomic E-state index is 5.98. The summed E-state index contributed by atoms with van der Waals surface area (Å²) in [6.07, 6.45) is 2.34. The quantitative estimate of drug-likeness (QED) is 0.914. The first-order chi connectivity index (χ1) is 9.45. The molecule has 5 nitrogen and oxygen atoms in total. The van der Waals surface area contributed by atoms with Crippen LogP contribution in [0.2, 0.25) is 0 Å². The highest BCUT2D eigenvalue weighted by atomic mass is 16.5. The summed E-state index contributed by atoms with van der Waals surface area (Å²) in [4.78, 5) is 11.3. The molecular formula is C15H26N4O. The van der Waals surface area contributed by atoms with E-state index < -0.39 is 0 Å². The van der Waals surface area contributed by atoms with E-state index in [1.165, 1.54) is 0 Å². The van der Waals surface area contributed by atoms with E-state index in [9.17, 15) is 0 Å². The number of hydrogen-bond acceptors (Lipinski definition) is 5. The minimum Gasteiger partial charge on any atom is -0.475 e. The molecule has 20 heavy (non-hydrogen) atoms. The second kappa shape index (κ2) is 6.39. The monoisotopic (exact) mass is 278 g/mol. The first kappa shape index (κ1) is 15.0. The summed E-state index contributed by atoms with van der Waals surface area (Å²) in [5, 5.41) is 0. The van der Waals surface area contributed by atoms with Crippen LogP contribution in [-0.4, -0.2) is 35.2 Å². The fraction of sp³-hybridized carbons (Fsp3) is 0.733. The third kappa shape index (κ3) is 3.82. The lowest BCUT2D eigenvalue weighted by Gasteiger charge is -2.33. The molecule has 1 atom stereocenters. The van der Waals surface area contributed by atoms with Crippen molar-refractivity contribution in [2.75, 3.05) is 18.0 Å². The van der Waals surface area contributed by atoms with Gasteiger partial charge in [0.1, 0.15) is 0 Å². The molecule has 2 heterocycles. The van der Waals surface area contributed by atoms with E-state index in [-0.39, 0.29) is 12.1 Å². The first-order valence-electron chi connectivity index (χ1n) is 7.48. The zero-order valence-corrected chi connectivity index (χ0v) is 13.0. The lowest BCUT2D eigenvalue weighted by atomic mass is 9.91. The van der Waals surface area contributed by atoms with E-state index in [1.807, 2.05) is 26.8 Å². The summed E-state index contributed by atoms with van der Waals surface area (Å²) in [5.41, 5.74) is 6.93. The second-order valence-electron chi connectivity index (χ2n) is 6.00. The van der Waals surface area contributed by atoms with Crippen molar-refractivity contribution >= 4 is 5.95 Å². The van der Waals surface area contributed by atoms with Gasteiger partial charge in [-0.15, -0.1) is 0 Å². The van der Waals surface area contributed by atoms with Gasteiger partial charge in [0.2, 0.25) is 11.8 Å². The lowest BCUT2D eigenvalue weighted by molar-refractivity contribution is 0.232. The zero-order valence-electron chi connectivity index (χ0n) is 13.0.